The van der Waals surface area contributed by atoms with Crippen LogP contribution in [0.15, 0.2) is 4.79 Å². The van der Waals surface area contributed by atoms with Gasteiger partial charge in [0.1, 0.15) is 5.69 Å². The summed E-state index contributed by atoms with van der Waals surface area (Å²) in [6.45, 7) is 2.54. The monoisotopic (exact) mass is 211 g/mol. The van der Waals surface area contributed by atoms with Gasteiger partial charge in [-0.1, -0.05) is 0 Å². The largest absolute Gasteiger partial charge is 0.391 e. The summed E-state index contributed by atoms with van der Waals surface area (Å²) >= 11 is 0. The Balaban J connectivity index is 2.37. The van der Waals surface area contributed by atoms with Crippen LogP contribution < -0.4 is 21.9 Å². The Bertz CT molecular complexity index is 410. The van der Waals surface area contributed by atoms with Gasteiger partial charge in [-0.05, 0) is 0 Å². The number of morpholine rings is 1. The van der Waals surface area contributed by atoms with E-state index in [2.05, 4.69) is 9.97 Å². The zero-order valence-corrected chi connectivity index (χ0v) is 8.19. The number of nitrogens with one attached hydrogen (secondary N) is 1. The normalized spacial score (nSPS) is 16.7. The number of hydrogen-bond acceptors (Lipinski definition) is 6. The van der Waals surface area contributed by atoms with Crippen molar-refractivity contribution in [3.05, 3.63) is 10.4 Å². The van der Waals surface area contributed by atoms with Gasteiger partial charge in [0.05, 0.1) is 13.2 Å². The number of H-pyrrole nitrogens is 1. The summed E-state index contributed by atoms with van der Waals surface area (Å²) in [5, 5.41) is 0. The molecule has 0 radical (unpaired) electrons. The summed E-state index contributed by atoms with van der Waals surface area (Å²) in [4.78, 5) is 19.6. The first kappa shape index (κ1) is 9.78. The van der Waals surface area contributed by atoms with E-state index >= 15 is 0 Å². The highest BCUT2D eigenvalue weighted by Gasteiger charge is 2.17. The van der Waals surface area contributed by atoms with E-state index in [-0.39, 0.29) is 11.6 Å². The van der Waals surface area contributed by atoms with Crippen LogP contribution in [-0.4, -0.2) is 36.3 Å². The van der Waals surface area contributed by atoms with Crippen LogP contribution in [-0.2, 0) is 4.74 Å². The number of aromatic amines is 1. The zero-order valence-electron chi connectivity index (χ0n) is 8.19. The maximum atomic E-state index is 11.3. The second kappa shape index (κ2) is 3.77. The zero-order chi connectivity index (χ0) is 10.8. The van der Waals surface area contributed by atoms with Gasteiger partial charge in [0.25, 0.3) is 5.56 Å². The third-order valence-electron chi connectivity index (χ3n) is 2.26. The quantitative estimate of drug-likeness (QED) is 0.536. The molecule has 1 aromatic rings. The van der Waals surface area contributed by atoms with E-state index in [4.69, 9.17) is 16.2 Å². The van der Waals surface area contributed by atoms with Gasteiger partial charge >= 0.3 is 0 Å². The Morgan fingerprint density at radius 1 is 1.33 bits per heavy atom. The fourth-order valence-electron chi connectivity index (χ4n) is 1.50. The summed E-state index contributed by atoms with van der Waals surface area (Å²) in [5.41, 5.74) is 10.8. The Morgan fingerprint density at radius 3 is 2.67 bits per heavy atom. The fraction of sp³-hybridized carbons (Fsp3) is 0.500. The minimum Gasteiger partial charge on any atom is -0.391 e. The maximum absolute atomic E-state index is 11.3. The molecule has 0 unspecified atom stereocenters. The standard InChI is InChI=1S/C8H13N5O2/c9-5-6(11-8(10)12-7(5)14)13-1-3-15-4-2-13/h1-4,9H2,(H3,10,11,12,14). The summed E-state index contributed by atoms with van der Waals surface area (Å²) in [6.07, 6.45) is 0. The Hall–Kier alpha value is -1.76. The van der Waals surface area contributed by atoms with Crippen LogP contribution in [0, 0.1) is 0 Å². The van der Waals surface area contributed by atoms with Crippen molar-refractivity contribution in [2.45, 2.75) is 0 Å². The first-order chi connectivity index (χ1) is 7.18. The van der Waals surface area contributed by atoms with E-state index in [1.54, 1.807) is 0 Å². The topological polar surface area (TPSA) is 110 Å². The molecule has 1 aliphatic heterocycles. The molecule has 2 rings (SSSR count). The van der Waals surface area contributed by atoms with Crippen molar-refractivity contribution in [3.8, 4) is 0 Å². The number of nitrogen functional groups attached to an aromatic ring is 2. The number of nitrogens with two attached hydrogens (primary N) is 2. The van der Waals surface area contributed by atoms with Crippen LogP contribution in [0.5, 0.6) is 0 Å². The summed E-state index contributed by atoms with van der Waals surface area (Å²) < 4.78 is 5.19. The molecule has 0 spiro atoms. The molecule has 0 amide bonds. The van der Waals surface area contributed by atoms with E-state index in [0.29, 0.717) is 32.1 Å². The van der Waals surface area contributed by atoms with E-state index in [0.717, 1.165) is 0 Å². The molecule has 7 heteroatoms. The van der Waals surface area contributed by atoms with Crippen molar-refractivity contribution >= 4 is 17.5 Å². The SMILES string of the molecule is Nc1nc(N2CCOCC2)c(N)c(=O)[nH]1. The second-order valence-corrected chi connectivity index (χ2v) is 3.29. The minimum atomic E-state index is -0.399. The third kappa shape index (κ3) is 1.86. The Morgan fingerprint density at radius 2 is 2.00 bits per heavy atom. The molecule has 1 fully saturated rings. The predicted molar refractivity (Wildman–Crippen MR) is 56.7 cm³/mol. The van der Waals surface area contributed by atoms with E-state index < -0.39 is 5.56 Å². The predicted octanol–water partition coefficient (Wildman–Crippen LogP) is -1.23. The van der Waals surface area contributed by atoms with Crippen molar-refractivity contribution < 1.29 is 4.74 Å². The highest BCUT2D eigenvalue weighted by molar-refractivity contribution is 5.62. The molecular weight excluding hydrogens is 198 g/mol. The number of ether oxygens (including phenoxy) is 1. The molecule has 0 bridgehead atoms. The van der Waals surface area contributed by atoms with Gasteiger partial charge in [-0.15, -0.1) is 0 Å². The summed E-state index contributed by atoms with van der Waals surface area (Å²) in [6, 6.07) is 0. The summed E-state index contributed by atoms with van der Waals surface area (Å²) in [5.74, 6) is 0.523. The van der Waals surface area contributed by atoms with E-state index in [1.165, 1.54) is 0 Å². The van der Waals surface area contributed by atoms with Crippen molar-refractivity contribution in [1.82, 2.24) is 9.97 Å². The lowest BCUT2D eigenvalue weighted by atomic mass is 10.3. The number of rotatable bonds is 1. The fourth-order valence-corrected chi connectivity index (χ4v) is 1.50. The van der Waals surface area contributed by atoms with Gasteiger partial charge in [0, 0.05) is 13.1 Å². The molecule has 0 aliphatic carbocycles. The van der Waals surface area contributed by atoms with Gasteiger partial charge in [0.2, 0.25) is 5.95 Å². The Kier molecular flexibility index (Phi) is 2.46. The van der Waals surface area contributed by atoms with Crippen molar-refractivity contribution in [2.24, 2.45) is 0 Å². The average molecular weight is 211 g/mol. The van der Waals surface area contributed by atoms with Gasteiger partial charge < -0.3 is 21.1 Å². The van der Waals surface area contributed by atoms with Gasteiger partial charge in [-0.3, -0.25) is 9.78 Å². The highest BCUT2D eigenvalue weighted by atomic mass is 16.5. The molecule has 82 valence electrons. The van der Waals surface area contributed by atoms with Crippen LogP contribution in [0.25, 0.3) is 0 Å². The van der Waals surface area contributed by atoms with Crippen molar-refractivity contribution in [3.63, 3.8) is 0 Å². The second-order valence-electron chi connectivity index (χ2n) is 3.29. The molecule has 0 saturated carbocycles. The lowest BCUT2D eigenvalue weighted by molar-refractivity contribution is 0.122. The van der Waals surface area contributed by atoms with Crippen molar-refractivity contribution in [2.75, 3.05) is 42.7 Å². The number of anilines is 3. The van der Waals surface area contributed by atoms with Crippen LogP contribution in [0.3, 0.4) is 0 Å². The third-order valence-corrected chi connectivity index (χ3v) is 2.26. The number of aromatic nitrogens is 2. The van der Waals surface area contributed by atoms with Crippen LogP contribution in [0.1, 0.15) is 0 Å². The summed E-state index contributed by atoms with van der Waals surface area (Å²) in [7, 11) is 0. The minimum absolute atomic E-state index is 0.0793. The molecule has 0 atom stereocenters. The molecule has 1 aliphatic rings. The van der Waals surface area contributed by atoms with Gasteiger partial charge in [-0.25, -0.2) is 0 Å². The smallest absolute Gasteiger partial charge is 0.277 e. The molecule has 15 heavy (non-hydrogen) atoms. The van der Waals surface area contributed by atoms with Crippen molar-refractivity contribution in [1.29, 1.82) is 0 Å². The molecular formula is C8H13N5O2. The number of nitrogens with zero attached hydrogens (tertiary/aromatic N) is 2. The van der Waals surface area contributed by atoms with E-state index in [9.17, 15) is 4.79 Å². The molecule has 1 aromatic heterocycles. The molecule has 5 N–H and O–H groups in total. The van der Waals surface area contributed by atoms with Gasteiger partial charge in [0.15, 0.2) is 5.82 Å². The van der Waals surface area contributed by atoms with Gasteiger partial charge in [-0.2, -0.15) is 4.98 Å². The van der Waals surface area contributed by atoms with Crippen LogP contribution >= 0.6 is 0 Å². The van der Waals surface area contributed by atoms with Crippen LogP contribution in [0.2, 0.25) is 0 Å². The molecule has 1 saturated heterocycles. The lowest BCUT2D eigenvalue weighted by Crippen LogP contribution is -2.38. The molecule has 7 nitrogen and oxygen atoms in total. The molecule has 2 heterocycles. The Labute approximate surface area is 86.0 Å². The molecule has 0 aromatic carbocycles. The maximum Gasteiger partial charge on any atom is 0.277 e. The highest BCUT2D eigenvalue weighted by Crippen LogP contribution is 2.17. The number of hydrogen-bond donors (Lipinski definition) is 3. The lowest BCUT2D eigenvalue weighted by Gasteiger charge is -2.28. The first-order valence-electron chi connectivity index (χ1n) is 4.66. The average Bonchev–Trinajstić information content (AvgIpc) is 2.24. The first-order valence-corrected chi connectivity index (χ1v) is 4.66. The van der Waals surface area contributed by atoms with E-state index in [1.807, 2.05) is 4.90 Å². The van der Waals surface area contributed by atoms with Crippen LogP contribution in [0.4, 0.5) is 17.5 Å².